The van der Waals surface area contributed by atoms with Crippen LogP contribution in [0, 0.1) is 23.0 Å². The minimum absolute atomic E-state index is 0.0691. The number of benzene rings is 3. The van der Waals surface area contributed by atoms with E-state index in [2.05, 4.69) is 38.4 Å². The highest BCUT2D eigenvalue weighted by molar-refractivity contribution is 6.36. The smallest absolute Gasteiger partial charge is 0.141 e. The number of halogens is 4. The molecule has 0 bridgehead atoms. The van der Waals surface area contributed by atoms with Gasteiger partial charge in [-0.15, -0.1) is 0 Å². The molecule has 0 aliphatic rings. The Labute approximate surface area is 228 Å². The molecule has 1 heterocycles. The quantitative estimate of drug-likeness (QED) is 0.217. The molecule has 190 valence electrons. The van der Waals surface area contributed by atoms with Gasteiger partial charge in [0.2, 0.25) is 0 Å². The zero-order valence-electron chi connectivity index (χ0n) is 20.0. The summed E-state index contributed by atoms with van der Waals surface area (Å²) in [6.07, 6.45) is 4.56. The van der Waals surface area contributed by atoms with Crippen molar-refractivity contribution in [1.82, 2.24) is 4.98 Å². The van der Waals surface area contributed by atoms with Gasteiger partial charge in [0, 0.05) is 29.2 Å². The van der Waals surface area contributed by atoms with Crippen LogP contribution in [0.1, 0.15) is 24.1 Å². The molecule has 0 aliphatic carbocycles. The van der Waals surface area contributed by atoms with E-state index in [1.54, 1.807) is 43.6 Å². The van der Waals surface area contributed by atoms with E-state index in [4.69, 9.17) is 23.2 Å². The molecule has 1 unspecified atom stereocenters. The minimum atomic E-state index is -0.565. The van der Waals surface area contributed by atoms with Crippen molar-refractivity contribution in [3.63, 3.8) is 0 Å². The van der Waals surface area contributed by atoms with Crippen LogP contribution in [0.15, 0.2) is 82.7 Å². The summed E-state index contributed by atoms with van der Waals surface area (Å²) in [5.74, 6) is -0.942. The maximum atomic E-state index is 13.7. The second-order valence-electron chi connectivity index (χ2n) is 8.02. The monoisotopic (exact) mass is 548 g/mol. The molecular weight excluding hydrogens is 529 g/mol. The van der Waals surface area contributed by atoms with Crippen molar-refractivity contribution in [2.45, 2.75) is 13.0 Å². The number of nitrogens with one attached hydrogen (secondary N) is 2. The Kier molecular flexibility index (Phi) is 8.31. The number of fused-ring (bicyclic) bond motifs is 1. The third kappa shape index (κ3) is 5.80. The summed E-state index contributed by atoms with van der Waals surface area (Å²) >= 11 is 12.6. The van der Waals surface area contributed by atoms with Gasteiger partial charge in [0.25, 0.3) is 0 Å². The van der Waals surface area contributed by atoms with Gasteiger partial charge in [-0.2, -0.15) is 5.26 Å². The van der Waals surface area contributed by atoms with Crippen molar-refractivity contribution in [2.75, 3.05) is 10.6 Å². The number of aromatic nitrogens is 1. The molecule has 0 saturated carbocycles. The summed E-state index contributed by atoms with van der Waals surface area (Å²) in [5, 5.41) is 17.0. The molecule has 3 aromatic carbocycles. The van der Waals surface area contributed by atoms with E-state index in [0.717, 1.165) is 0 Å². The molecule has 10 heteroatoms. The lowest BCUT2D eigenvalue weighted by Crippen LogP contribution is -2.13. The predicted molar refractivity (Wildman–Crippen MR) is 151 cm³/mol. The van der Waals surface area contributed by atoms with Gasteiger partial charge in [0.05, 0.1) is 44.8 Å². The summed E-state index contributed by atoms with van der Waals surface area (Å²) in [7, 11) is 0. The molecule has 0 radical (unpaired) electrons. The fraction of sp³-hybridized carbons (Fsp3) is 0.0714. The fourth-order valence-electron chi connectivity index (χ4n) is 3.79. The highest BCUT2D eigenvalue weighted by Gasteiger charge is 2.19. The van der Waals surface area contributed by atoms with Crippen LogP contribution in [0.4, 0.5) is 25.8 Å². The van der Waals surface area contributed by atoms with Crippen LogP contribution in [0.2, 0.25) is 10.0 Å². The van der Waals surface area contributed by atoms with Gasteiger partial charge in [0.1, 0.15) is 17.7 Å². The molecule has 1 atom stereocenters. The Morgan fingerprint density at radius 3 is 2.47 bits per heavy atom. The van der Waals surface area contributed by atoms with Gasteiger partial charge < -0.3 is 10.6 Å². The number of hydrogen-bond donors (Lipinski definition) is 2. The van der Waals surface area contributed by atoms with Crippen LogP contribution < -0.4 is 10.6 Å². The van der Waals surface area contributed by atoms with Crippen LogP contribution in [-0.2, 0) is 0 Å². The van der Waals surface area contributed by atoms with Gasteiger partial charge in [-0.05, 0) is 61.7 Å². The lowest BCUT2D eigenvalue weighted by atomic mass is 10.0. The number of nitrogens with zero attached hydrogens (tertiary/aromatic N) is 4. The van der Waals surface area contributed by atoms with E-state index in [1.165, 1.54) is 36.5 Å². The van der Waals surface area contributed by atoms with Crippen LogP contribution >= 0.6 is 23.2 Å². The lowest BCUT2D eigenvalue weighted by molar-refractivity contribution is 0.626. The Morgan fingerprint density at radius 1 is 1.08 bits per heavy atom. The van der Waals surface area contributed by atoms with Gasteiger partial charge in [-0.1, -0.05) is 35.3 Å². The second kappa shape index (κ2) is 11.8. The van der Waals surface area contributed by atoms with Crippen molar-refractivity contribution in [1.29, 1.82) is 5.26 Å². The van der Waals surface area contributed by atoms with Crippen LogP contribution in [0.5, 0.6) is 0 Å². The molecule has 4 aromatic rings. The highest BCUT2D eigenvalue weighted by Crippen LogP contribution is 2.37. The third-order valence-corrected chi connectivity index (χ3v) is 6.16. The normalized spacial score (nSPS) is 12.4. The predicted octanol–water partition coefficient (Wildman–Crippen LogP) is 8.22. The molecule has 0 saturated heterocycles. The maximum Gasteiger partial charge on any atom is 0.141 e. The molecule has 6 nitrogen and oxygen atoms in total. The minimum Gasteiger partial charge on any atom is -0.373 e. The van der Waals surface area contributed by atoms with E-state index in [1.807, 2.05) is 0 Å². The maximum absolute atomic E-state index is 13.7. The van der Waals surface area contributed by atoms with Crippen molar-refractivity contribution in [3.05, 3.63) is 105 Å². The molecule has 1 aromatic heterocycles. The Bertz CT molecular complexity index is 1610. The van der Waals surface area contributed by atoms with E-state index in [9.17, 15) is 14.0 Å². The molecular formula is C28H20Cl2F2N6. The first kappa shape index (κ1) is 26.7. The van der Waals surface area contributed by atoms with Gasteiger partial charge in [-0.25, -0.2) is 8.78 Å². The van der Waals surface area contributed by atoms with Crippen molar-refractivity contribution >= 4 is 64.1 Å². The van der Waals surface area contributed by atoms with Crippen molar-refractivity contribution in [2.24, 2.45) is 9.98 Å². The van der Waals surface area contributed by atoms with Crippen LogP contribution in [0.3, 0.4) is 0 Å². The number of anilines is 3. The molecule has 38 heavy (non-hydrogen) atoms. The zero-order valence-corrected chi connectivity index (χ0v) is 21.5. The number of rotatable bonds is 8. The summed E-state index contributed by atoms with van der Waals surface area (Å²) in [6, 6.07) is 15.1. The van der Waals surface area contributed by atoms with E-state index in [-0.39, 0.29) is 16.4 Å². The summed E-state index contributed by atoms with van der Waals surface area (Å²) in [4.78, 5) is 12.6. The van der Waals surface area contributed by atoms with Crippen LogP contribution in [-0.4, -0.2) is 17.9 Å². The summed E-state index contributed by atoms with van der Waals surface area (Å²) < 4.78 is 27.4. The Morgan fingerprint density at radius 2 is 1.82 bits per heavy atom. The fourth-order valence-corrected chi connectivity index (χ4v) is 4.24. The molecule has 4 rings (SSSR count). The second-order valence-corrected chi connectivity index (χ2v) is 8.83. The summed E-state index contributed by atoms with van der Waals surface area (Å²) in [5.41, 5.74) is 3.31. The number of pyridine rings is 1. The Balaban J connectivity index is 1.85. The standard InChI is InChI=1S/C28H20Cl2F2N6/c1-3-35-15-25(34-2)27(16-4-6-18(31)7-5-16)38-20-10-21-26(37-19-8-9-24(32)22(29)11-19)17(13-33)14-36-28(21)23(30)12-20/h3-12,14-15,27,38H,2H2,1H3,(H,36,37)/b25-15-,35-3?. The van der Waals surface area contributed by atoms with E-state index in [0.29, 0.717) is 44.2 Å². The number of aliphatic imine (C=N–C) groups is 2. The topological polar surface area (TPSA) is 85.5 Å². The first-order valence-electron chi connectivity index (χ1n) is 11.3. The third-order valence-electron chi connectivity index (χ3n) is 5.58. The van der Waals surface area contributed by atoms with E-state index < -0.39 is 11.9 Å². The molecule has 2 N–H and O–H groups in total. The molecule has 0 amide bonds. The lowest BCUT2D eigenvalue weighted by Gasteiger charge is -2.22. The number of nitriles is 1. The zero-order chi connectivity index (χ0) is 27.2. The van der Waals surface area contributed by atoms with Gasteiger partial charge in [-0.3, -0.25) is 15.0 Å². The number of hydrogen-bond acceptors (Lipinski definition) is 6. The summed E-state index contributed by atoms with van der Waals surface area (Å²) in [6.45, 7) is 5.43. The van der Waals surface area contributed by atoms with E-state index >= 15 is 0 Å². The highest BCUT2D eigenvalue weighted by atomic mass is 35.5. The van der Waals surface area contributed by atoms with Crippen LogP contribution in [0.25, 0.3) is 10.9 Å². The first-order valence-corrected chi connectivity index (χ1v) is 12.0. The van der Waals surface area contributed by atoms with Gasteiger partial charge >= 0.3 is 0 Å². The SMILES string of the molecule is C=N/C(=C\N=CC)C(Nc1cc(Cl)c2ncc(C#N)c(Nc3ccc(F)c(Cl)c3)c2c1)c1ccc(F)cc1. The average Bonchev–Trinajstić information content (AvgIpc) is 2.91. The van der Waals surface area contributed by atoms with Gasteiger partial charge in [0.15, 0.2) is 0 Å². The molecule has 0 spiro atoms. The average molecular weight is 549 g/mol. The Hall–Kier alpha value is -4.32. The largest absolute Gasteiger partial charge is 0.373 e. The van der Waals surface area contributed by atoms with Crippen molar-refractivity contribution in [3.8, 4) is 6.07 Å². The first-order chi connectivity index (χ1) is 18.3. The molecule has 0 fully saturated rings. The van der Waals surface area contributed by atoms with Crippen molar-refractivity contribution < 1.29 is 8.78 Å². The molecule has 0 aliphatic heterocycles.